The molecular weight excluding hydrogens is 220 g/mol. The van der Waals surface area contributed by atoms with Crippen LogP contribution in [0.25, 0.3) is 0 Å². The molecule has 0 heterocycles. The van der Waals surface area contributed by atoms with Crippen LogP contribution in [0.5, 0.6) is 0 Å². The highest BCUT2D eigenvalue weighted by Crippen LogP contribution is 2.38. The van der Waals surface area contributed by atoms with Gasteiger partial charge in [-0.05, 0) is 6.92 Å². The third-order valence-electron chi connectivity index (χ3n) is 0.988. The molecular formula is C4H6F4O4S. The Kier molecular flexibility index (Phi) is 3.28. The van der Waals surface area contributed by atoms with Crippen molar-refractivity contribution in [3.8, 4) is 0 Å². The van der Waals surface area contributed by atoms with Crippen molar-refractivity contribution in [3.63, 3.8) is 0 Å². The van der Waals surface area contributed by atoms with E-state index >= 15 is 0 Å². The molecule has 0 aliphatic heterocycles. The van der Waals surface area contributed by atoms with Crippen molar-refractivity contribution in [2.24, 2.45) is 0 Å². The van der Waals surface area contributed by atoms with E-state index in [4.69, 9.17) is 4.55 Å². The number of halogens is 4. The zero-order chi connectivity index (χ0) is 10.9. The van der Waals surface area contributed by atoms with Crippen molar-refractivity contribution in [3.05, 3.63) is 0 Å². The Morgan fingerprint density at radius 1 is 1.31 bits per heavy atom. The molecule has 0 rings (SSSR count). The molecule has 1 N–H and O–H groups in total. The van der Waals surface area contributed by atoms with E-state index in [1.807, 2.05) is 0 Å². The van der Waals surface area contributed by atoms with E-state index in [2.05, 4.69) is 4.74 Å². The van der Waals surface area contributed by atoms with Crippen LogP contribution in [0.2, 0.25) is 0 Å². The van der Waals surface area contributed by atoms with Gasteiger partial charge in [-0.2, -0.15) is 26.0 Å². The van der Waals surface area contributed by atoms with E-state index in [1.54, 1.807) is 0 Å². The standard InChI is InChI=1S/C4H6F4O4S/c1-2-12-3(5,6)4(7,8)13(9,10)11/h2H2,1H3,(H,9,10,11). The van der Waals surface area contributed by atoms with Crippen LogP contribution in [0.15, 0.2) is 0 Å². The van der Waals surface area contributed by atoms with Crippen LogP contribution in [-0.4, -0.2) is 30.9 Å². The van der Waals surface area contributed by atoms with E-state index in [1.165, 1.54) is 0 Å². The third-order valence-corrected chi connectivity index (χ3v) is 1.87. The minimum atomic E-state index is -6.19. The summed E-state index contributed by atoms with van der Waals surface area (Å²) in [6.45, 7) is 0.145. The summed E-state index contributed by atoms with van der Waals surface area (Å²) in [6, 6.07) is 0. The summed E-state index contributed by atoms with van der Waals surface area (Å²) in [6.07, 6.45) is -5.24. The van der Waals surface area contributed by atoms with Crippen molar-refractivity contribution in [2.75, 3.05) is 6.61 Å². The van der Waals surface area contributed by atoms with Gasteiger partial charge in [-0.3, -0.25) is 4.55 Å². The minimum absolute atomic E-state index is 0.821. The van der Waals surface area contributed by atoms with Crippen LogP contribution in [-0.2, 0) is 14.9 Å². The summed E-state index contributed by atoms with van der Waals surface area (Å²) in [5.74, 6) is 0. The molecule has 4 nitrogen and oxygen atoms in total. The van der Waals surface area contributed by atoms with Crippen molar-refractivity contribution < 1.29 is 35.3 Å². The van der Waals surface area contributed by atoms with Gasteiger partial charge in [0.25, 0.3) is 0 Å². The van der Waals surface area contributed by atoms with Crippen LogP contribution in [0.3, 0.4) is 0 Å². The predicted octanol–water partition coefficient (Wildman–Crippen LogP) is 1.10. The van der Waals surface area contributed by atoms with Gasteiger partial charge in [0.2, 0.25) is 0 Å². The van der Waals surface area contributed by atoms with Gasteiger partial charge in [-0.25, -0.2) is 0 Å². The van der Waals surface area contributed by atoms with Gasteiger partial charge in [0, 0.05) is 0 Å². The maximum atomic E-state index is 12.2. The lowest BCUT2D eigenvalue weighted by Gasteiger charge is -2.22. The summed E-state index contributed by atoms with van der Waals surface area (Å²) in [5, 5.41) is -5.64. The average Bonchev–Trinajstić information content (AvgIpc) is 1.84. The van der Waals surface area contributed by atoms with Crippen LogP contribution in [0, 0.1) is 0 Å². The van der Waals surface area contributed by atoms with Gasteiger partial charge in [-0.15, -0.1) is 0 Å². The Hall–Kier alpha value is -0.410. The quantitative estimate of drug-likeness (QED) is 0.575. The molecule has 0 atom stereocenters. The number of hydrogen-bond donors (Lipinski definition) is 1. The summed E-state index contributed by atoms with van der Waals surface area (Å²) >= 11 is 0. The van der Waals surface area contributed by atoms with Crippen LogP contribution in [0.4, 0.5) is 17.6 Å². The monoisotopic (exact) mass is 226 g/mol. The maximum absolute atomic E-state index is 12.2. The Labute approximate surface area is 71.2 Å². The number of hydrogen-bond acceptors (Lipinski definition) is 3. The van der Waals surface area contributed by atoms with Crippen LogP contribution < -0.4 is 0 Å². The topological polar surface area (TPSA) is 63.6 Å². The molecule has 0 radical (unpaired) electrons. The Balaban J connectivity index is 5.04. The minimum Gasteiger partial charge on any atom is -0.315 e. The lowest BCUT2D eigenvalue weighted by molar-refractivity contribution is -0.316. The van der Waals surface area contributed by atoms with E-state index in [0.717, 1.165) is 6.92 Å². The summed E-state index contributed by atoms with van der Waals surface area (Å²) in [4.78, 5) is 0. The second-order valence-electron chi connectivity index (χ2n) is 1.94. The van der Waals surface area contributed by atoms with Gasteiger partial charge >= 0.3 is 21.5 Å². The first-order valence-electron chi connectivity index (χ1n) is 2.93. The molecule has 0 unspecified atom stereocenters. The summed E-state index contributed by atoms with van der Waals surface area (Å²) in [7, 11) is -6.19. The second kappa shape index (κ2) is 3.39. The molecule has 0 aliphatic rings. The fraction of sp³-hybridized carbons (Fsp3) is 1.00. The molecule has 13 heavy (non-hydrogen) atoms. The highest BCUT2D eigenvalue weighted by molar-refractivity contribution is 7.86. The van der Waals surface area contributed by atoms with Crippen molar-refractivity contribution in [1.29, 1.82) is 0 Å². The van der Waals surface area contributed by atoms with Crippen LogP contribution >= 0.6 is 0 Å². The Morgan fingerprint density at radius 2 is 1.69 bits per heavy atom. The molecule has 0 amide bonds. The number of alkyl halides is 4. The van der Waals surface area contributed by atoms with Gasteiger partial charge in [0.05, 0.1) is 6.61 Å². The van der Waals surface area contributed by atoms with E-state index in [9.17, 15) is 26.0 Å². The van der Waals surface area contributed by atoms with Crippen molar-refractivity contribution in [2.45, 2.75) is 18.3 Å². The molecule has 80 valence electrons. The van der Waals surface area contributed by atoms with Crippen molar-refractivity contribution in [1.82, 2.24) is 0 Å². The van der Waals surface area contributed by atoms with Gasteiger partial charge in [0.1, 0.15) is 0 Å². The molecule has 0 saturated carbocycles. The predicted molar refractivity (Wildman–Crippen MR) is 33.1 cm³/mol. The average molecular weight is 226 g/mol. The SMILES string of the molecule is CCOC(F)(F)C(F)(F)S(=O)(=O)O. The molecule has 0 spiro atoms. The van der Waals surface area contributed by atoms with Crippen LogP contribution in [0.1, 0.15) is 6.92 Å². The number of ether oxygens (including phenoxy) is 1. The first kappa shape index (κ1) is 12.6. The fourth-order valence-corrected chi connectivity index (χ4v) is 0.775. The zero-order valence-corrected chi connectivity index (χ0v) is 7.12. The molecule has 0 aromatic heterocycles. The zero-order valence-electron chi connectivity index (χ0n) is 6.30. The van der Waals surface area contributed by atoms with Gasteiger partial charge in [-0.1, -0.05) is 0 Å². The third kappa shape index (κ3) is 2.29. The molecule has 0 bridgehead atoms. The molecule has 0 saturated heterocycles. The van der Waals surface area contributed by atoms with Crippen molar-refractivity contribution >= 4 is 10.1 Å². The van der Waals surface area contributed by atoms with E-state index < -0.39 is 28.1 Å². The number of rotatable bonds is 4. The molecule has 0 aliphatic carbocycles. The first-order chi connectivity index (χ1) is 5.56. The maximum Gasteiger partial charge on any atom is 0.459 e. The molecule has 0 aromatic carbocycles. The largest absolute Gasteiger partial charge is 0.459 e. The second-order valence-corrected chi connectivity index (χ2v) is 3.40. The van der Waals surface area contributed by atoms with Gasteiger partial charge in [0.15, 0.2) is 0 Å². The first-order valence-corrected chi connectivity index (χ1v) is 4.37. The normalized spacial score (nSPS) is 14.6. The lowest BCUT2D eigenvalue weighted by atomic mass is 10.6. The highest BCUT2D eigenvalue weighted by atomic mass is 32.2. The molecule has 0 aromatic rings. The Morgan fingerprint density at radius 3 is 1.92 bits per heavy atom. The van der Waals surface area contributed by atoms with E-state index in [0.29, 0.717) is 0 Å². The lowest BCUT2D eigenvalue weighted by Crippen LogP contribution is -2.48. The van der Waals surface area contributed by atoms with E-state index in [-0.39, 0.29) is 0 Å². The smallest absolute Gasteiger partial charge is 0.315 e. The molecule has 9 heteroatoms. The molecule has 0 fully saturated rings. The van der Waals surface area contributed by atoms with Gasteiger partial charge < -0.3 is 4.74 Å². The Bertz CT molecular complexity index is 272. The fourth-order valence-electron chi connectivity index (χ4n) is 0.415. The summed E-state index contributed by atoms with van der Waals surface area (Å²) in [5.41, 5.74) is 0. The highest BCUT2D eigenvalue weighted by Gasteiger charge is 2.67. The summed E-state index contributed by atoms with van der Waals surface area (Å²) < 4.78 is 79.3.